The highest BCUT2D eigenvalue weighted by atomic mass is 127. The topological polar surface area (TPSA) is 59.6 Å². The van der Waals surface area contributed by atoms with E-state index in [1.807, 2.05) is 31.2 Å². The minimum Gasteiger partial charge on any atom is -0.494 e. The molecule has 0 amide bonds. The lowest BCUT2D eigenvalue weighted by atomic mass is 10.1. The highest BCUT2D eigenvalue weighted by Gasteiger charge is 2.38. The van der Waals surface area contributed by atoms with E-state index in [0.29, 0.717) is 12.5 Å². The number of guanidine groups is 1. The third-order valence-corrected chi connectivity index (χ3v) is 3.87. The van der Waals surface area contributed by atoms with Crippen LogP contribution >= 0.6 is 24.0 Å². The molecule has 0 bridgehead atoms. The monoisotopic (exact) mass is 459 g/mol. The van der Waals surface area contributed by atoms with E-state index in [0.717, 1.165) is 35.9 Å². The Kier molecular flexibility index (Phi) is 6.57. The molecule has 1 fully saturated rings. The summed E-state index contributed by atoms with van der Waals surface area (Å²) in [6, 6.07) is 11.1. The summed E-state index contributed by atoms with van der Waals surface area (Å²) in [4.78, 5) is 4.33. The molecule has 0 radical (unpaired) electrons. The lowest BCUT2D eigenvalue weighted by molar-refractivity contribution is 0.340. The van der Waals surface area contributed by atoms with Gasteiger partial charge in [0.25, 0.3) is 0 Å². The highest BCUT2D eigenvalue weighted by molar-refractivity contribution is 14.0. The molecule has 7 heteroatoms. The fraction of sp³-hybridized carbons (Fsp3) is 0.278. The van der Waals surface area contributed by atoms with Gasteiger partial charge in [-0.05, 0) is 43.2 Å². The number of halogens is 3. The van der Waals surface area contributed by atoms with Gasteiger partial charge in [0.1, 0.15) is 17.4 Å². The van der Waals surface area contributed by atoms with Crippen LogP contribution in [0.25, 0.3) is 0 Å². The molecule has 1 aliphatic carbocycles. The molecule has 0 unspecified atom stereocenters. The largest absolute Gasteiger partial charge is 0.494 e. The van der Waals surface area contributed by atoms with Crippen molar-refractivity contribution in [2.24, 2.45) is 10.7 Å². The summed E-state index contributed by atoms with van der Waals surface area (Å²) in [5.74, 6) is 0.0971. The number of anilines is 1. The normalized spacial score (nSPS) is 19.1. The SMILES string of the molecule is CCOc1ccc([C@@H]2C[C@H]2N=C(N)Nc2cc(F)ccc2F)cc1.I. The second kappa shape index (κ2) is 8.46. The molecule has 0 aromatic heterocycles. The number of aliphatic imine (C=N–C) groups is 1. The lowest BCUT2D eigenvalue weighted by Crippen LogP contribution is -2.24. The summed E-state index contributed by atoms with van der Waals surface area (Å²) in [6.07, 6.45) is 0.877. The van der Waals surface area contributed by atoms with Crippen molar-refractivity contribution in [3.8, 4) is 5.75 Å². The highest BCUT2D eigenvalue weighted by Crippen LogP contribution is 2.43. The second-order valence-corrected chi connectivity index (χ2v) is 5.68. The molecule has 2 aromatic rings. The van der Waals surface area contributed by atoms with Crippen LogP contribution in [0.15, 0.2) is 47.5 Å². The molecular formula is C18H20F2IN3O. The number of hydrogen-bond acceptors (Lipinski definition) is 2. The van der Waals surface area contributed by atoms with Crippen LogP contribution in [0.1, 0.15) is 24.8 Å². The van der Waals surface area contributed by atoms with Crippen molar-refractivity contribution in [2.75, 3.05) is 11.9 Å². The van der Waals surface area contributed by atoms with Crippen LogP contribution in [0.4, 0.5) is 14.5 Å². The summed E-state index contributed by atoms with van der Waals surface area (Å²) < 4.78 is 32.1. The van der Waals surface area contributed by atoms with E-state index in [-0.39, 0.29) is 41.7 Å². The Balaban J connectivity index is 0.00000225. The van der Waals surface area contributed by atoms with Crippen molar-refractivity contribution in [3.63, 3.8) is 0 Å². The van der Waals surface area contributed by atoms with E-state index in [4.69, 9.17) is 10.5 Å². The van der Waals surface area contributed by atoms with Gasteiger partial charge in [-0.1, -0.05) is 12.1 Å². The summed E-state index contributed by atoms with van der Waals surface area (Å²) >= 11 is 0. The van der Waals surface area contributed by atoms with E-state index in [2.05, 4.69) is 10.3 Å². The van der Waals surface area contributed by atoms with Gasteiger partial charge in [0.05, 0.1) is 18.3 Å². The standard InChI is InChI=1S/C18H19F2N3O.HI/c1-2-24-13-6-3-11(4-7-13)14-10-16(14)22-18(21)23-17-9-12(19)5-8-15(17)20;/h3-9,14,16H,2,10H2,1H3,(H3,21,22,23);1H/t14-,16+;/m0./s1. The number of hydrogen-bond donors (Lipinski definition) is 2. The number of benzene rings is 2. The van der Waals surface area contributed by atoms with Gasteiger partial charge in [0.15, 0.2) is 5.96 Å². The Morgan fingerprint density at radius 2 is 1.96 bits per heavy atom. The first-order valence-corrected chi connectivity index (χ1v) is 7.85. The van der Waals surface area contributed by atoms with Gasteiger partial charge < -0.3 is 15.8 Å². The Bertz CT molecular complexity index is 752. The van der Waals surface area contributed by atoms with Crippen LogP contribution in [0.3, 0.4) is 0 Å². The molecule has 0 heterocycles. The van der Waals surface area contributed by atoms with E-state index >= 15 is 0 Å². The first-order chi connectivity index (χ1) is 11.6. The zero-order chi connectivity index (χ0) is 17.1. The van der Waals surface area contributed by atoms with Crippen molar-refractivity contribution < 1.29 is 13.5 Å². The Labute approximate surface area is 162 Å². The zero-order valence-corrected chi connectivity index (χ0v) is 16.0. The number of nitrogens with one attached hydrogen (secondary N) is 1. The van der Waals surface area contributed by atoms with Crippen LogP contribution < -0.4 is 15.8 Å². The lowest BCUT2D eigenvalue weighted by Gasteiger charge is -2.07. The average Bonchev–Trinajstić information content (AvgIpc) is 3.31. The third kappa shape index (κ3) is 5.04. The molecule has 1 aliphatic rings. The Morgan fingerprint density at radius 3 is 2.64 bits per heavy atom. The van der Waals surface area contributed by atoms with Crippen molar-refractivity contribution in [3.05, 3.63) is 59.7 Å². The van der Waals surface area contributed by atoms with Crippen molar-refractivity contribution in [1.82, 2.24) is 0 Å². The molecular weight excluding hydrogens is 439 g/mol. The summed E-state index contributed by atoms with van der Waals surface area (Å²) in [5, 5.41) is 2.61. The van der Waals surface area contributed by atoms with E-state index in [1.54, 1.807) is 0 Å². The maximum Gasteiger partial charge on any atom is 0.193 e. The number of ether oxygens (including phenoxy) is 1. The quantitative estimate of drug-likeness (QED) is 0.399. The summed E-state index contributed by atoms with van der Waals surface area (Å²) in [5.41, 5.74) is 6.94. The van der Waals surface area contributed by atoms with Gasteiger partial charge in [-0.3, -0.25) is 0 Å². The predicted octanol–water partition coefficient (Wildman–Crippen LogP) is 4.26. The average molecular weight is 459 g/mol. The fourth-order valence-corrected chi connectivity index (χ4v) is 2.60. The molecule has 134 valence electrons. The molecule has 0 saturated heterocycles. The molecule has 1 saturated carbocycles. The number of rotatable bonds is 5. The third-order valence-electron chi connectivity index (χ3n) is 3.87. The van der Waals surface area contributed by atoms with Crippen LogP contribution in [-0.4, -0.2) is 18.6 Å². The maximum atomic E-state index is 13.6. The van der Waals surface area contributed by atoms with Gasteiger partial charge in [0.2, 0.25) is 0 Å². The zero-order valence-electron chi connectivity index (χ0n) is 13.7. The first-order valence-electron chi connectivity index (χ1n) is 7.85. The second-order valence-electron chi connectivity index (χ2n) is 5.68. The van der Waals surface area contributed by atoms with Gasteiger partial charge in [-0.2, -0.15) is 0 Å². The van der Waals surface area contributed by atoms with Crippen molar-refractivity contribution in [2.45, 2.75) is 25.3 Å². The summed E-state index contributed by atoms with van der Waals surface area (Å²) in [6.45, 7) is 2.57. The minimum absolute atomic E-state index is 0. The molecule has 25 heavy (non-hydrogen) atoms. The molecule has 3 rings (SSSR count). The van der Waals surface area contributed by atoms with Crippen LogP contribution in [0, 0.1) is 11.6 Å². The molecule has 0 spiro atoms. The molecule has 3 N–H and O–H groups in total. The minimum atomic E-state index is -0.576. The van der Waals surface area contributed by atoms with Gasteiger partial charge in [-0.15, -0.1) is 24.0 Å². The van der Waals surface area contributed by atoms with Gasteiger partial charge in [-0.25, -0.2) is 13.8 Å². The first kappa shape index (κ1) is 19.4. The smallest absolute Gasteiger partial charge is 0.193 e. The number of nitrogens with two attached hydrogens (primary N) is 1. The molecule has 0 aliphatic heterocycles. The van der Waals surface area contributed by atoms with Gasteiger partial charge >= 0.3 is 0 Å². The van der Waals surface area contributed by atoms with Crippen LogP contribution in [0.2, 0.25) is 0 Å². The van der Waals surface area contributed by atoms with Gasteiger partial charge in [0, 0.05) is 12.0 Å². The van der Waals surface area contributed by atoms with E-state index < -0.39 is 11.6 Å². The van der Waals surface area contributed by atoms with Crippen molar-refractivity contribution >= 4 is 35.6 Å². The fourth-order valence-electron chi connectivity index (χ4n) is 2.60. The van der Waals surface area contributed by atoms with E-state index in [9.17, 15) is 8.78 Å². The molecule has 4 nitrogen and oxygen atoms in total. The van der Waals surface area contributed by atoms with Crippen LogP contribution in [0.5, 0.6) is 5.75 Å². The van der Waals surface area contributed by atoms with E-state index in [1.165, 1.54) is 0 Å². The molecule has 2 atom stereocenters. The number of nitrogens with zero attached hydrogens (tertiary/aromatic N) is 1. The maximum absolute atomic E-state index is 13.6. The van der Waals surface area contributed by atoms with Crippen LogP contribution in [-0.2, 0) is 0 Å². The van der Waals surface area contributed by atoms with Crippen molar-refractivity contribution in [1.29, 1.82) is 0 Å². The Hall–Kier alpha value is -1.90. The Morgan fingerprint density at radius 1 is 1.24 bits per heavy atom. The predicted molar refractivity (Wildman–Crippen MR) is 106 cm³/mol. The molecule has 2 aromatic carbocycles. The summed E-state index contributed by atoms with van der Waals surface area (Å²) in [7, 11) is 0.